The number of carbonyl (C=O) groups is 1. The highest BCUT2D eigenvalue weighted by Gasteiger charge is 2.15. The van der Waals surface area contributed by atoms with Crippen LogP contribution in [-0.4, -0.2) is 40.5 Å². The fraction of sp³-hybridized carbons (Fsp3) is 0.333. The quantitative estimate of drug-likeness (QED) is 0.729. The number of methoxy groups -OCH3 is 1. The molecule has 2 rings (SSSR count). The van der Waals surface area contributed by atoms with E-state index in [1.54, 1.807) is 24.3 Å². The Labute approximate surface area is 158 Å². The number of rotatable bonds is 7. The third kappa shape index (κ3) is 5.98. The molecule has 2 unspecified atom stereocenters. The minimum absolute atomic E-state index is 0.00974. The van der Waals surface area contributed by atoms with Crippen molar-refractivity contribution in [3.05, 3.63) is 59.2 Å². The zero-order valence-electron chi connectivity index (χ0n) is 15.6. The summed E-state index contributed by atoms with van der Waals surface area (Å²) in [6.07, 6.45) is 1.18. The van der Waals surface area contributed by atoms with Crippen LogP contribution in [-0.2, 0) is 9.53 Å². The third-order valence-corrected chi connectivity index (χ3v) is 4.16. The number of carbonyl (C=O) groups excluding carboxylic acids is 1. The lowest BCUT2D eigenvalue weighted by Crippen LogP contribution is -2.20. The molecule has 0 aliphatic rings. The Kier molecular flexibility index (Phi) is 7.21. The van der Waals surface area contributed by atoms with E-state index in [4.69, 9.17) is 0 Å². The van der Waals surface area contributed by atoms with E-state index in [1.165, 1.54) is 19.2 Å². The zero-order chi connectivity index (χ0) is 20.0. The molecule has 0 saturated heterocycles. The number of pyridine rings is 1. The number of aliphatic hydroxyl groups is 2. The molecule has 0 saturated carbocycles. The number of benzene rings is 1. The van der Waals surface area contributed by atoms with Gasteiger partial charge in [0.25, 0.3) is 0 Å². The number of aromatic nitrogens is 1. The molecule has 0 spiro atoms. The van der Waals surface area contributed by atoms with Gasteiger partial charge in [0.05, 0.1) is 25.7 Å². The molecule has 0 aliphatic heterocycles. The first-order chi connectivity index (χ1) is 12.8. The standard InChI is InChI=1S/C21H24FNO4/c1-13-10-20(15-4-6-16(22)7-5-15)19(14(2)23-13)9-8-17(24)11-18(25)12-21(26)27-3/h4-10,17-18,24-25H,11-12H2,1-3H3. The molecule has 0 bridgehead atoms. The van der Waals surface area contributed by atoms with Gasteiger partial charge < -0.3 is 14.9 Å². The van der Waals surface area contributed by atoms with E-state index < -0.39 is 18.2 Å². The largest absolute Gasteiger partial charge is 0.469 e. The van der Waals surface area contributed by atoms with Crippen molar-refractivity contribution in [1.82, 2.24) is 4.98 Å². The van der Waals surface area contributed by atoms with Gasteiger partial charge in [-0.05, 0) is 43.2 Å². The van der Waals surface area contributed by atoms with E-state index in [0.717, 1.165) is 28.1 Å². The molecule has 5 nitrogen and oxygen atoms in total. The summed E-state index contributed by atoms with van der Waals surface area (Å²) in [5.74, 6) is -0.843. The molecule has 0 radical (unpaired) electrons. The van der Waals surface area contributed by atoms with Crippen LogP contribution in [0.25, 0.3) is 17.2 Å². The second-order valence-electron chi connectivity index (χ2n) is 6.41. The van der Waals surface area contributed by atoms with Crippen molar-refractivity contribution >= 4 is 12.0 Å². The zero-order valence-corrected chi connectivity index (χ0v) is 15.6. The Morgan fingerprint density at radius 3 is 2.56 bits per heavy atom. The molecule has 2 aromatic rings. The summed E-state index contributed by atoms with van der Waals surface area (Å²) in [6.45, 7) is 3.74. The minimum atomic E-state index is -0.995. The maximum Gasteiger partial charge on any atom is 0.308 e. The van der Waals surface area contributed by atoms with Gasteiger partial charge in [0.2, 0.25) is 0 Å². The summed E-state index contributed by atoms with van der Waals surface area (Å²) in [4.78, 5) is 15.6. The van der Waals surface area contributed by atoms with E-state index in [0.29, 0.717) is 0 Å². The molecule has 0 aliphatic carbocycles. The van der Waals surface area contributed by atoms with Crippen molar-refractivity contribution in [3.63, 3.8) is 0 Å². The molecule has 2 N–H and O–H groups in total. The summed E-state index contributed by atoms with van der Waals surface area (Å²) in [7, 11) is 1.25. The summed E-state index contributed by atoms with van der Waals surface area (Å²) < 4.78 is 17.7. The Bertz CT molecular complexity index is 818. The summed E-state index contributed by atoms with van der Waals surface area (Å²) in [6, 6.07) is 8.07. The second kappa shape index (κ2) is 9.39. The molecule has 6 heteroatoms. The van der Waals surface area contributed by atoms with Gasteiger partial charge in [0.1, 0.15) is 5.82 Å². The molecular formula is C21H24FNO4. The second-order valence-corrected chi connectivity index (χ2v) is 6.41. The SMILES string of the molecule is COC(=O)CC(O)CC(O)C=Cc1c(-c2ccc(F)cc2)cc(C)nc1C. The smallest absolute Gasteiger partial charge is 0.308 e. The van der Waals surface area contributed by atoms with Crippen LogP contribution >= 0.6 is 0 Å². The molecule has 1 heterocycles. The number of aryl methyl sites for hydroxylation is 2. The van der Waals surface area contributed by atoms with Crippen LogP contribution in [0.15, 0.2) is 36.4 Å². The number of hydrogen-bond donors (Lipinski definition) is 2. The maximum atomic E-state index is 13.2. The minimum Gasteiger partial charge on any atom is -0.469 e. The fourth-order valence-electron chi connectivity index (χ4n) is 2.84. The topological polar surface area (TPSA) is 79.7 Å². The highest BCUT2D eigenvalue weighted by Crippen LogP contribution is 2.28. The molecule has 144 valence electrons. The molecular weight excluding hydrogens is 349 g/mol. The van der Waals surface area contributed by atoms with Crippen molar-refractivity contribution < 1.29 is 24.1 Å². The Hall–Kier alpha value is -2.57. The first-order valence-corrected chi connectivity index (χ1v) is 8.65. The van der Waals surface area contributed by atoms with E-state index >= 15 is 0 Å². The number of nitrogens with zero attached hydrogens (tertiary/aromatic N) is 1. The Morgan fingerprint density at radius 1 is 1.26 bits per heavy atom. The van der Waals surface area contributed by atoms with Gasteiger partial charge in [0.15, 0.2) is 0 Å². The van der Waals surface area contributed by atoms with Gasteiger partial charge in [-0.15, -0.1) is 0 Å². The van der Waals surface area contributed by atoms with Gasteiger partial charge in [0, 0.05) is 23.4 Å². The van der Waals surface area contributed by atoms with Crippen LogP contribution in [0.5, 0.6) is 0 Å². The monoisotopic (exact) mass is 373 g/mol. The average Bonchev–Trinajstić information content (AvgIpc) is 2.60. The van der Waals surface area contributed by atoms with Crippen LogP contribution in [0.3, 0.4) is 0 Å². The van der Waals surface area contributed by atoms with Crippen molar-refractivity contribution in [2.24, 2.45) is 0 Å². The van der Waals surface area contributed by atoms with Crippen LogP contribution in [0.2, 0.25) is 0 Å². The van der Waals surface area contributed by atoms with Crippen LogP contribution in [0, 0.1) is 19.7 Å². The number of ether oxygens (including phenoxy) is 1. The summed E-state index contributed by atoms with van der Waals surface area (Å²) in [5, 5.41) is 20.0. The third-order valence-electron chi connectivity index (χ3n) is 4.16. The first-order valence-electron chi connectivity index (χ1n) is 8.65. The Morgan fingerprint density at radius 2 is 1.93 bits per heavy atom. The molecule has 27 heavy (non-hydrogen) atoms. The van der Waals surface area contributed by atoms with Crippen molar-refractivity contribution in [2.45, 2.75) is 38.9 Å². The van der Waals surface area contributed by atoms with Gasteiger partial charge in [-0.1, -0.05) is 24.3 Å². The van der Waals surface area contributed by atoms with Gasteiger partial charge in [-0.3, -0.25) is 9.78 Å². The number of esters is 1. The number of hydrogen-bond acceptors (Lipinski definition) is 5. The summed E-state index contributed by atoms with van der Waals surface area (Å²) in [5.41, 5.74) is 4.11. The predicted octanol–water partition coefficient (Wildman–Crippen LogP) is 3.19. The number of halogens is 1. The molecule has 2 atom stereocenters. The van der Waals surface area contributed by atoms with Crippen molar-refractivity contribution in [3.8, 4) is 11.1 Å². The van der Waals surface area contributed by atoms with E-state index in [9.17, 15) is 19.4 Å². The molecule has 0 amide bonds. The van der Waals surface area contributed by atoms with Crippen molar-refractivity contribution in [2.75, 3.05) is 7.11 Å². The normalized spacial score (nSPS) is 13.6. The number of aliphatic hydroxyl groups excluding tert-OH is 2. The van der Waals surface area contributed by atoms with Crippen LogP contribution in [0.4, 0.5) is 4.39 Å². The van der Waals surface area contributed by atoms with E-state index in [1.807, 2.05) is 19.9 Å². The highest BCUT2D eigenvalue weighted by molar-refractivity contribution is 5.76. The Balaban J connectivity index is 2.23. The lowest BCUT2D eigenvalue weighted by atomic mass is 9.97. The van der Waals surface area contributed by atoms with E-state index in [2.05, 4.69) is 9.72 Å². The molecule has 1 aromatic heterocycles. The highest BCUT2D eigenvalue weighted by atomic mass is 19.1. The van der Waals surface area contributed by atoms with Gasteiger partial charge in [-0.25, -0.2) is 4.39 Å². The lowest BCUT2D eigenvalue weighted by molar-refractivity contribution is -0.143. The predicted molar refractivity (Wildman–Crippen MR) is 101 cm³/mol. The van der Waals surface area contributed by atoms with E-state index in [-0.39, 0.29) is 18.7 Å². The average molecular weight is 373 g/mol. The maximum absolute atomic E-state index is 13.2. The summed E-state index contributed by atoms with van der Waals surface area (Å²) >= 11 is 0. The van der Waals surface area contributed by atoms with Crippen molar-refractivity contribution in [1.29, 1.82) is 0 Å². The van der Waals surface area contributed by atoms with Crippen LogP contribution < -0.4 is 0 Å². The first kappa shape index (κ1) is 20.7. The molecule has 1 aromatic carbocycles. The fourth-order valence-corrected chi connectivity index (χ4v) is 2.84. The lowest BCUT2D eigenvalue weighted by Gasteiger charge is -2.13. The van der Waals surface area contributed by atoms with Crippen LogP contribution in [0.1, 0.15) is 29.8 Å². The van der Waals surface area contributed by atoms with Gasteiger partial charge in [-0.2, -0.15) is 0 Å². The van der Waals surface area contributed by atoms with Gasteiger partial charge >= 0.3 is 5.97 Å². The molecule has 0 fully saturated rings.